The second-order valence-electron chi connectivity index (χ2n) is 6.66. The van der Waals surface area contributed by atoms with Gasteiger partial charge in [0.2, 0.25) is 5.91 Å². The van der Waals surface area contributed by atoms with Crippen LogP contribution in [0.1, 0.15) is 37.2 Å². The van der Waals surface area contributed by atoms with Crippen molar-refractivity contribution in [2.75, 3.05) is 20.1 Å². The molecule has 1 aliphatic heterocycles. The maximum atomic E-state index is 12.1. The fourth-order valence-electron chi connectivity index (χ4n) is 2.69. The Labute approximate surface area is 125 Å². The lowest BCUT2D eigenvalue weighted by atomic mass is 10.1. The van der Waals surface area contributed by atoms with Crippen molar-refractivity contribution >= 4 is 17.2 Å². The summed E-state index contributed by atoms with van der Waals surface area (Å²) in [6, 6.07) is 0. The molecule has 0 spiro atoms. The first-order valence-electron chi connectivity index (χ1n) is 7.03. The number of likely N-dealkylation sites (tertiary alicyclic amines) is 1. The molecule has 5 nitrogen and oxygen atoms in total. The summed E-state index contributed by atoms with van der Waals surface area (Å²) in [4.78, 5) is 16.3. The van der Waals surface area contributed by atoms with Crippen LogP contribution in [0.25, 0.3) is 0 Å². The van der Waals surface area contributed by atoms with Crippen LogP contribution in [-0.2, 0) is 11.3 Å². The molecule has 1 amide bonds. The van der Waals surface area contributed by atoms with E-state index in [1.165, 1.54) is 0 Å². The summed E-state index contributed by atoms with van der Waals surface area (Å²) in [6.45, 7) is 10.9. The summed E-state index contributed by atoms with van der Waals surface area (Å²) < 4.78 is 0. The van der Waals surface area contributed by atoms with Crippen molar-refractivity contribution in [3.8, 4) is 0 Å². The van der Waals surface area contributed by atoms with E-state index in [1.807, 2.05) is 11.8 Å². The van der Waals surface area contributed by atoms with Crippen LogP contribution in [0.2, 0.25) is 0 Å². The smallest absolute Gasteiger partial charge is 0.223 e. The molecule has 112 valence electrons. The van der Waals surface area contributed by atoms with Gasteiger partial charge < -0.3 is 4.90 Å². The van der Waals surface area contributed by atoms with Crippen LogP contribution in [-0.4, -0.2) is 51.6 Å². The molecule has 1 fully saturated rings. The molecule has 1 aliphatic rings. The second kappa shape index (κ2) is 5.77. The van der Waals surface area contributed by atoms with Crippen LogP contribution in [0.15, 0.2) is 0 Å². The molecule has 0 saturated carbocycles. The van der Waals surface area contributed by atoms with Crippen molar-refractivity contribution in [2.45, 2.75) is 46.2 Å². The van der Waals surface area contributed by atoms with E-state index in [4.69, 9.17) is 0 Å². The van der Waals surface area contributed by atoms with Gasteiger partial charge in [0.05, 0.1) is 6.54 Å². The van der Waals surface area contributed by atoms with Crippen LogP contribution in [0.5, 0.6) is 0 Å². The van der Waals surface area contributed by atoms with Crippen molar-refractivity contribution in [3.63, 3.8) is 0 Å². The highest BCUT2D eigenvalue weighted by Crippen LogP contribution is 2.26. The summed E-state index contributed by atoms with van der Waals surface area (Å²) in [6.07, 6.45) is 0.663. The molecule has 1 saturated heterocycles. The Bertz CT molecular complexity index is 480. The largest absolute Gasteiger partial charge is 0.338 e. The minimum atomic E-state index is -0.0687. The number of aryl methyl sites for hydroxylation is 1. The van der Waals surface area contributed by atoms with Crippen LogP contribution < -0.4 is 0 Å². The topological polar surface area (TPSA) is 49.3 Å². The van der Waals surface area contributed by atoms with Crippen molar-refractivity contribution < 1.29 is 4.79 Å². The Morgan fingerprint density at radius 3 is 2.60 bits per heavy atom. The molecule has 1 unspecified atom stereocenters. The van der Waals surface area contributed by atoms with E-state index in [9.17, 15) is 4.79 Å². The molecule has 2 rings (SSSR count). The lowest BCUT2D eigenvalue weighted by molar-refractivity contribution is -0.131. The zero-order chi connectivity index (χ0) is 14.9. The molecule has 6 heteroatoms. The van der Waals surface area contributed by atoms with Gasteiger partial charge in [-0.3, -0.25) is 9.69 Å². The highest BCUT2D eigenvalue weighted by Gasteiger charge is 2.36. The van der Waals surface area contributed by atoms with Gasteiger partial charge >= 0.3 is 0 Å². The molecule has 0 bridgehead atoms. The summed E-state index contributed by atoms with van der Waals surface area (Å²) in [5.41, 5.74) is -0.0687. The lowest BCUT2D eigenvalue weighted by Gasteiger charge is -2.32. The van der Waals surface area contributed by atoms with E-state index in [1.54, 1.807) is 11.3 Å². The van der Waals surface area contributed by atoms with E-state index in [0.717, 1.165) is 29.6 Å². The Morgan fingerprint density at radius 1 is 1.40 bits per heavy atom. The predicted molar refractivity (Wildman–Crippen MR) is 80.6 cm³/mol. The number of carbonyl (C=O) groups is 1. The summed E-state index contributed by atoms with van der Waals surface area (Å²) >= 11 is 1.64. The maximum absolute atomic E-state index is 12.1. The van der Waals surface area contributed by atoms with Gasteiger partial charge in [0.15, 0.2) is 0 Å². The predicted octanol–water partition coefficient (Wildman–Crippen LogP) is 1.93. The molecule has 0 radical (unpaired) electrons. The fraction of sp³-hybridized carbons (Fsp3) is 0.786. The number of carbonyl (C=O) groups excluding carboxylic acids is 1. The van der Waals surface area contributed by atoms with E-state index in [0.29, 0.717) is 12.3 Å². The maximum Gasteiger partial charge on any atom is 0.223 e. The molecule has 20 heavy (non-hydrogen) atoms. The SMILES string of the molecule is Cc1nnc(CN(C)CC2CC(=O)N(C(C)(C)C)C2)s1. The molecule has 1 aromatic heterocycles. The van der Waals surface area contributed by atoms with E-state index in [2.05, 4.69) is 42.9 Å². The molecule has 0 N–H and O–H groups in total. The number of hydrogen-bond donors (Lipinski definition) is 0. The first-order valence-corrected chi connectivity index (χ1v) is 7.85. The van der Waals surface area contributed by atoms with Crippen molar-refractivity contribution in [3.05, 3.63) is 10.0 Å². The number of aromatic nitrogens is 2. The Balaban J connectivity index is 1.87. The molecule has 2 heterocycles. The minimum Gasteiger partial charge on any atom is -0.338 e. The standard InChI is InChI=1S/C14H24N4OS/c1-10-15-16-12(20-10)9-17(5)7-11-6-13(19)18(8-11)14(2,3)4/h11H,6-9H2,1-5H3. The second-order valence-corrected chi connectivity index (χ2v) is 7.92. The van der Waals surface area contributed by atoms with Gasteiger partial charge in [-0.05, 0) is 40.7 Å². The van der Waals surface area contributed by atoms with E-state index >= 15 is 0 Å². The average molecular weight is 296 g/mol. The van der Waals surface area contributed by atoms with Gasteiger partial charge in [0.1, 0.15) is 10.0 Å². The third-order valence-electron chi connectivity index (χ3n) is 3.56. The molecule has 0 aromatic carbocycles. The third kappa shape index (κ3) is 3.76. The lowest BCUT2D eigenvalue weighted by Crippen LogP contribution is -2.42. The molecular formula is C14H24N4OS. The van der Waals surface area contributed by atoms with Crippen LogP contribution in [0.4, 0.5) is 0 Å². The molecule has 0 aliphatic carbocycles. The van der Waals surface area contributed by atoms with Crippen LogP contribution in [0.3, 0.4) is 0 Å². The number of nitrogens with zero attached hydrogens (tertiary/aromatic N) is 4. The first kappa shape index (κ1) is 15.4. The number of rotatable bonds is 4. The molecule has 1 aromatic rings. The average Bonchev–Trinajstić information content (AvgIpc) is 2.84. The Hall–Kier alpha value is -1.01. The third-order valence-corrected chi connectivity index (χ3v) is 4.38. The number of hydrogen-bond acceptors (Lipinski definition) is 5. The monoisotopic (exact) mass is 296 g/mol. The van der Waals surface area contributed by atoms with Gasteiger partial charge in [0.25, 0.3) is 0 Å². The minimum absolute atomic E-state index is 0.0687. The van der Waals surface area contributed by atoms with E-state index < -0.39 is 0 Å². The van der Waals surface area contributed by atoms with Gasteiger partial charge in [-0.2, -0.15) is 0 Å². The van der Waals surface area contributed by atoms with Gasteiger partial charge in [0, 0.05) is 25.0 Å². The summed E-state index contributed by atoms with van der Waals surface area (Å²) in [7, 11) is 2.08. The van der Waals surface area contributed by atoms with Gasteiger partial charge in [-0.1, -0.05) is 0 Å². The summed E-state index contributed by atoms with van der Waals surface area (Å²) in [5.74, 6) is 0.698. The fourth-order valence-corrected chi connectivity index (χ4v) is 3.48. The molecular weight excluding hydrogens is 272 g/mol. The highest BCUT2D eigenvalue weighted by molar-refractivity contribution is 7.11. The first-order chi connectivity index (χ1) is 9.25. The Kier molecular flexibility index (Phi) is 4.44. The van der Waals surface area contributed by atoms with Crippen LogP contribution >= 0.6 is 11.3 Å². The number of amides is 1. The van der Waals surface area contributed by atoms with Gasteiger partial charge in [-0.15, -0.1) is 21.5 Å². The zero-order valence-corrected chi connectivity index (χ0v) is 13.8. The highest BCUT2D eigenvalue weighted by atomic mass is 32.1. The van der Waals surface area contributed by atoms with Crippen LogP contribution in [0, 0.1) is 12.8 Å². The van der Waals surface area contributed by atoms with Crippen molar-refractivity contribution in [2.24, 2.45) is 5.92 Å². The summed E-state index contributed by atoms with van der Waals surface area (Å²) in [5, 5.41) is 10.2. The van der Waals surface area contributed by atoms with E-state index in [-0.39, 0.29) is 11.4 Å². The zero-order valence-electron chi connectivity index (χ0n) is 13.0. The molecule has 1 atom stereocenters. The Morgan fingerprint density at radius 2 is 2.10 bits per heavy atom. The van der Waals surface area contributed by atoms with Gasteiger partial charge in [-0.25, -0.2) is 0 Å². The normalized spacial score (nSPS) is 20.2. The van der Waals surface area contributed by atoms with Crippen molar-refractivity contribution in [1.82, 2.24) is 20.0 Å². The quantitative estimate of drug-likeness (QED) is 0.852. The van der Waals surface area contributed by atoms with Crippen molar-refractivity contribution in [1.29, 1.82) is 0 Å².